The first-order valence-corrected chi connectivity index (χ1v) is 7.39. The van der Waals surface area contributed by atoms with Gasteiger partial charge in [-0.1, -0.05) is 31.2 Å². The Morgan fingerprint density at radius 3 is 2.50 bits per heavy atom. The molecule has 0 aromatic heterocycles. The van der Waals surface area contributed by atoms with Crippen LogP contribution in [-0.2, 0) is 22.6 Å². The highest BCUT2D eigenvalue weighted by Gasteiger charge is 2.03. The lowest BCUT2D eigenvalue weighted by Crippen LogP contribution is -2.38. The molecule has 1 aromatic carbocycles. The molecule has 0 aliphatic rings. The highest BCUT2D eigenvalue weighted by molar-refractivity contribution is 14.0. The van der Waals surface area contributed by atoms with E-state index in [4.69, 9.17) is 9.47 Å². The smallest absolute Gasteiger partial charge is 0.191 e. The largest absolute Gasteiger partial charge is 0.383 e. The fourth-order valence-corrected chi connectivity index (χ4v) is 1.87. The molecule has 0 fully saturated rings. The number of ether oxygens (including phenoxy) is 2. The van der Waals surface area contributed by atoms with Gasteiger partial charge in [0.05, 0.1) is 13.2 Å². The van der Waals surface area contributed by atoms with Gasteiger partial charge >= 0.3 is 0 Å². The number of halogens is 1. The third-order valence-electron chi connectivity index (χ3n) is 2.99. The number of guanidine groups is 1. The lowest BCUT2D eigenvalue weighted by molar-refractivity contribution is 0.121. The second kappa shape index (κ2) is 13.8. The molecule has 0 spiro atoms. The topological polar surface area (TPSA) is 54.9 Å². The summed E-state index contributed by atoms with van der Waals surface area (Å²) in [4.78, 5) is 4.19. The molecule has 0 radical (unpaired) electrons. The zero-order valence-corrected chi connectivity index (χ0v) is 16.1. The molecule has 0 saturated carbocycles. The third-order valence-corrected chi connectivity index (χ3v) is 2.99. The van der Waals surface area contributed by atoms with Crippen LogP contribution in [0.5, 0.6) is 0 Å². The SMILES string of the molecule is CCCOCc1ccccc1CNC(=NC)NCCOC.I. The minimum atomic E-state index is 0. The molecule has 2 N–H and O–H groups in total. The lowest BCUT2D eigenvalue weighted by atomic mass is 10.1. The van der Waals surface area contributed by atoms with E-state index in [-0.39, 0.29) is 24.0 Å². The molecule has 1 rings (SSSR count). The first kappa shape index (κ1) is 21.1. The number of rotatable bonds is 9. The molecule has 1 aromatic rings. The summed E-state index contributed by atoms with van der Waals surface area (Å²) in [5.74, 6) is 0.774. The summed E-state index contributed by atoms with van der Waals surface area (Å²) in [6.45, 7) is 5.67. The molecule has 126 valence electrons. The van der Waals surface area contributed by atoms with E-state index < -0.39 is 0 Å². The van der Waals surface area contributed by atoms with Crippen molar-refractivity contribution >= 4 is 29.9 Å². The fraction of sp³-hybridized carbons (Fsp3) is 0.562. The Balaban J connectivity index is 0.00000441. The van der Waals surface area contributed by atoms with E-state index in [0.717, 1.165) is 32.1 Å². The van der Waals surface area contributed by atoms with Gasteiger partial charge in [-0.25, -0.2) is 0 Å². The van der Waals surface area contributed by atoms with Crippen molar-refractivity contribution in [2.24, 2.45) is 4.99 Å². The molecule has 0 aliphatic heterocycles. The molecule has 0 unspecified atom stereocenters. The normalized spacial score (nSPS) is 11.0. The third kappa shape index (κ3) is 8.55. The van der Waals surface area contributed by atoms with E-state index in [1.807, 2.05) is 12.1 Å². The van der Waals surface area contributed by atoms with Gasteiger partial charge in [-0.2, -0.15) is 0 Å². The summed E-state index contributed by atoms with van der Waals surface area (Å²) in [5.41, 5.74) is 2.44. The first-order valence-electron chi connectivity index (χ1n) is 7.39. The predicted octanol–water partition coefficient (Wildman–Crippen LogP) is 2.54. The first-order chi connectivity index (χ1) is 10.3. The van der Waals surface area contributed by atoms with Gasteiger partial charge in [0.1, 0.15) is 0 Å². The number of benzene rings is 1. The molecule has 0 saturated heterocycles. The zero-order chi connectivity index (χ0) is 15.3. The second-order valence-electron chi connectivity index (χ2n) is 4.67. The van der Waals surface area contributed by atoms with Crippen LogP contribution in [0.1, 0.15) is 24.5 Å². The van der Waals surface area contributed by atoms with Crippen molar-refractivity contribution in [1.82, 2.24) is 10.6 Å². The minimum Gasteiger partial charge on any atom is -0.383 e. The van der Waals surface area contributed by atoms with Gasteiger partial charge in [0.15, 0.2) is 5.96 Å². The Morgan fingerprint density at radius 1 is 1.14 bits per heavy atom. The summed E-state index contributed by atoms with van der Waals surface area (Å²) in [7, 11) is 3.45. The lowest BCUT2D eigenvalue weighted by Gasteiger charge is -2.14. The number of nitrogens with zero attached hydrogens (tertiary/aromatic N) is 1. The maximum atomic E-state index is 5.63. The number of nitrogens with one attached hydrogen (secondary N) is 2. The zero-order valence-electron chi connectivity index (χ0n) is 13.7. The van der Waals surface area contributed by atoms with Crippen molar-refractivity contribution < 1.29 is 9.47 Å². The molecule has 6 heteroatoms. The summed E-state index contributed by atoms with van der Waals surface area (Å²) in [6, 6.07) is 8.30. The second-order valence-corrected chi connectivity index (χ2v) is 4.67. The Bertz CT molecular complexity index is 428. The Labute approximate surface area is 150 Å². The maximum Gasteiger partial charge on any atom is 0.191 e. The van der Waals surface area contributed by atoms with Crippen LogP contribution in [0, 0.1) is 0 Å². The minimum absolute atomic E-state index is 0. The van der Waals surface area contributed by atoms with Gasteiger partial charge in [0.2, 0.25) is 0 Å². The number of hydrogen-bond acceptors (Lipinski definition) is 3. The molecule has 0 amide bonds. The van der Waals surface area contributed by atoms with Gasteiger partial charge in [-0.15, -0.1) is 24.0 Å². The predicted molar refractivity (Wildman–Crippen MR) is 102 cm³/mol. The van der Waals surface area contributed by atoms with Gasteiger partial charge in [0, 0.05) is 33.9 Å². The van der Waals surface area contributed by atoms with E-state index in [2.05, 4.69) is 34.7 Å². The highest BCUT2D eigenvalue weighted by Crippen LogP contribution is 2.10. The quantitative estimate of drug-likeness (QED) is 0.279. The maximum absolute atomic E-state index is 5.63. The fourth-order valence-electron chi connectivity index (χ4n) is 1.87. The van der Waals surface area contributed by atoms with Gasteiger partial charge < -0.3 is 20.1 Å². The van der Waals surface area contributed by atoms with E-state index in [1.54, 1.807) is 14.2 Å². The van der Waals surface area contributed by atoms with Crippen molar-refractivity contribution in [3.63, 3.8) is 0 Å². The van der Waals surface area contributed by atoms with Crippen LogP contribution >= 0.6 is 24.0 Å². The van der Waals surface area contributed by atoms with Gasteiger partial charge in [-0.3, -0.25) is 4.99 Å². The van der Waals surface area contributed by atoms with Crippen LogP contribution in [0.25, 0.3) is 0 Å². The Kier molecular flexibility index (Phi) is 13.2. The average Bonchev–Trinajstić information content (AvgIpc) is 2.52. The summed E-state index contributed by atoms with van der Waals surface area (Å²) in [5, 5.41) is 6.50. The molecule has 0 heterocycles. The monoisotopic (exact) mass is 421 g/mol. The van der Waals surface area contributed by atoms with E-state index >= 15 is 0 Å². The van der Waals surface area contributed by atoms with E-state index in [9.17, 15) is 0 Å². The highest BCUT2D eigenvalue weighted by atomic mass is 127. The van der Waals surface area contributed by atoms with E-state index in [1.165, 1.54) is 11.1 Å². The molecule has 5 nitrogen and oxygen atoms in total. The number of methoxy groups -OCH3 is 1. The molecule has 0 atom stereocenters. The molecular weight excluding hydrogens is 393 g/mol. The number of hydrogen-bond donors (Lipinski definition) is 2. The van der Waals surface area contributed by atoms with Crippen LogP contribution in [0.4, 0.5) is 0 Å². The average molecular weight is 421 g/mol. The van der Waals surface area contributed by atoms with Crippen LogP contribution in [-0.4, -0.2) is 39.9 Å². The van der Waals surface area contributed by atoms with Crippen LogP contribution in [0.15, 0.2) is 29.3 Å². The molecule has 0 bridgehead atoms. The molecule has 22 heavy (non-hydrogen) atoms. The Hall–Kier alpha value is -0.860. The van der Waals surface area contributed by atoms with Crippen molar-refractivity contribution in [3.8, 4) is 0 Å². The summed E-state index contributed by atoms with van der Waals surface area (Å²) in [6.07, 6.45) is 1.04. The van der Waals surface area contributed by atoms with Crippen LogP contribution in [0.2, 0.25) is 0 Å². The van der Waals surface area contributed by atoms with Gasteiger partial charge in [0.25, 0.3) is 0 Å². The summed E-state index contributed by atoms with van der Waals surface area (Å²) >= 11 is 0. The van der Waals surface area contributed by atoms with E-state index in [0.29, 0.717) is 13.2 Å². The van der Waals surface area contributed by atoms with Crippen molar-refractivity contribution in [3.05, 3.63) is 35.4 Å². The van der Waals surface area contributed by atoms with Crippen LogP contribution < -0.4 is 10.6 Å². The summed E-state index contributed by atoms with van der Waals surface area (Å²) < 4.78 is 10.6. The molecule has 0 aliphatic carbocycles. The van der Waals surface area contributed by atoms with Gasteiger partial charge in [-0.05, 0) is 17.5 Å². The van der Waals surface area contributed by atoms with Crippen molar-refractivity contribution in [2.45, 2.75) is 26.5 Å². The molecular formula is C16H28IN3O2. The van der Waals surface area contributed by atoms with Crippen LogP contribution in [0.3, 0.4) is 0 Å². The Morgan fingerprint density at radius 2 is 1.86 bits per heavy atom. The van der Waals surface area contributed by atoms with Crippen molar-refractivity contribution in [2.75, 3.05) is 33.9 Å². The standard InChI is InChI=1S/C16H27N3O2.HI/c1-4-10-21-13-15-8-6-5-7-14(15)12-19-16(17-2)18-9-11-20-3;/h5-8H,4,9-13H2,1-3H3,(H2,17,18,19);1H. The van der Waals surface area contributed by atoms with Crippen molar-refractivity contribution in [1.29, 1.82) is 0 Å². The number of aliphatic imine (C=N–C) groups is 1.